The number of fused-ring (bicyclic) bond motifs is 1. The van der Waals surface area contributed by atoms with Gasteiger partial charge in [0.15, 0.2) is 0 Å². The van der Waals surface area contributed by atoms with Gasteiger partial charge in [0.2, 0.25) is 11.8 Å². The molecule has 0 aromatic carbocycles. The van der Waals surface area contributed by atoms with Crippen LogP contribution in [0.2, 0.25) is 0 Å². The van der Waals surface area contributed by atoms with Gasteiger partial charge in [-0.25, -0.2) is 0 Å². The van der Waals surface area contributed by atoms with E-state index >= 15 is 0 Å². The van der Waals surface area contributed by atoms with E-state index in [0.29, 0.717) is 13.0 Å². The van der Waals surface area contributed by atoms with Gasteiger partial charge < -0.3 is 14.5 Å². The monoisotopic (exact) mass is 388 g/mol. The highest BCUT2D eigenvalue weighted by molar-refractivity contribution is 5.99. The molecule has 6 heteroatoms. The van der Waals surface area contributed by atoms with Crippen LogP contribution in [0.25, 0.3) is 0 Å². The predicted octanol–water partition coefficient (Wildman–Crippen LogP) is 3.04. The van der Waals surface area contributed by atoms with Crippen molar-refractivity contribution in [2.45, 2.75) is 58.3 Å². The van der Waals surface area contributed by atoms with Gasteiger partial charge >= 0.3 is 5.97 Å². The molecule has 3 aliphatic rings. The number of ether oxygens (including phenoxy) is 1. The zero-order chi connectivity index (χ0) is 20.1. The van der Waals surface area contributed by atoms with E-state index in [1.165, 1.54) is 0 Å². The Labute approximate surface area is 167 Å². The van der Waals surface area contributed by atoms with Crippen molar-refractivity contribution < 1.29 is 19.1 Å². The van der Waals surface area contributed by atoms with Gasteiger partial charge in [0.1, 0.15) is 5.41 Å². The van der Waals surface area contributed by atoms with E-state index in [1.54, 1.807) is 17.9 Å². The average Bonchev–Trinajstić information content (AvgIpc) is 3.25. The first kappa shape index (κ1) is 20.6. The topological polar surface area (TPSA) is 66.9 Å². The highest BCUT2D eigenvalue weighted by atomic mass is 16.5. The van der Waals surface area contributed by atoms with Gasteiger partial charge in [-0.05, 0) is 39.0 Å². The van der Waals surface area contributed by atoms with Crippen LogP contribution in [0.3, 0.4) is 0 Å². The molecule has 2 saturated heterocycles. The number of carbonyl (C=O) groups excluding carboxylic acids is 3. The minimum atomic E-state index is -1.05. The van der Waals surface area contributed by atoms with Crippen LogP contribution in [0, 0.1) is 11.3 Å². The standard InChI is InChI=1S/C22H32N2O4/c1-3-13-24-18-11-7-5-6-8-12-22(18,21(27)28-4-2)17(20(24)26)16-19(25)23-14-9-10-15-23/h3,11,17H,1,4-10,12-16H2,2H3/b18-11+/t17-,22-/m1/s1. The molecular formula is C22H32N2O4. The summed E-state index contributed by atoms with van der Waals surface area (Å²) in [7, 11) is 0. The third-order valence-electron chi connectivity index (χ3n) is 6.31. The minimum Gasteiger partial charge on any atom is -0.465 e. The van der Waals surface area contributed by atoms with Crippen molar-refractivity contribution in [3.8, 4) is 0 Å². The van der Waals surface area contributed by atoms with Crippen molar-refractivity contribution in [1.29, 1.82) is 0 Å². The molecule has 0 unspecified atom stereocenters. The van der Waals surface area contributed by atoms with Gasteiger partial charge in [-0.2, -0.15) is 0 Å². The fraction of sp³-hybridized carbons (Fsp3) is 0.682. The average molecular weight is 389 g/mol. The summed E-state index contributed by atoms with van der Waals surface area (Å²) in [5, 5.41) is 0. The van der Waals surface area contributed by atoms with E-state index in [-0.39, 0.29) is 30.8 Å². The third-order valence-corrected chi connectivity index (χ3v) is 6.31. The van der Waals surface area contributed by atoms with E-state index in [2.05, 4.69) is 6.58 Å². The summed E-state index contributed by atoms with van der Waals surface area (Å²) in [5.74, 6) is -1.22. The van der Waals surface area contributed by atoms with Crippen molar-refractivity contribution in [3.63, 3.8) is 0 Å². The third kappa shape index (κ3) is 3.61. The van der Waals surface area contributed by atoms with Crippen LogP contribution in [0.1, 0.15) is 58.3 Å². The fourth-order valence-corrected chi connectivity index (χ4v) is 4.95. The van der Waals surface area contributed by atoms with Crippen LogP contribution in [0.4, 0.5) is 0 Å². The second-order valence-electron chi connectivity index (χ2n) is 7.96. The van der Waals surface area contributed by atoms with E-state index in [1.807, 2.05) is 11.0 Å². The number of likely N-dealkylation sites (tertiary alicyclic amines) is 2. The normalized spacial score (nSPS) is 29.5. The number of carbonyl (C=O) groups is 3. The number of hydrogen-bond acceptors (Lipinski definition) is 4. The van der Waals surface area contributed by atoms with E-state index in [9.17, 15) is 14.4 Å². The van der Waals surface area contributed by atoms with Gasteiger partial charge in [0.05, 0.1) is 12.5 Å². The largest absolute Gasteiger partial charge is 0.465 e. The molecule has 3 rings (SSSR count). The number of hydrogen-bond donors (Lipinski definition) is 0. The number of allylic oxidation sites excluding steroid dienone is 1. The molecule has 0 radical (unpaired) electrons. The van der Waals surface area contributed by atoms with Gasteiger partial charge in [0, 0.05) is 31.8 Å². The Morgan fingerprint density at radius 3 is 2.68 bits per heavy atom. The lowest BCUT2D eigenvalue weighted by molar-refractivity contribution is -0.158. The van der Waals surface area contributed by atoms with Crippen LogP contribution in [0.5, 0.6) is 0 Å². The smallest absolute Gasteiger partial charge is 0.318 e. The Hall–Kier alpha value is -2.11. The van der Waals surface area contributed by atoms with Crippen molar-refractivity contribution in [3.05, 3.63) is 24.4 Å². The van der Waals surface area contributed by atoms with Crippen molar-refractivity contribution in [1.82, 2.24) is 9.80 Å². The van der Waals surface area contributed by atoms with Crippen molar-refractivity contribution >= 4 is 17.8 Å². The lowest BCUT2D eigenvalue weighted by Crippen LogP contribution is -2.42. The number of esters is 1. The molecular weight excluding hydrogens is 356 g/mol. The molecule has 0 aromatic rings. The molecule has 6 nitrogen and oxygen atoms in total. The van der Waals surface area contributed by atoms with Crippen LogP contribution in [-0.2, 0) is 19.1 Å². The highest BCUT2D eigenvalue weighted by Crippen LogP contribution is 2.52. The molecule has 2 atom stereocenters. The molecule has 0 N–H and O–H groups in total. The summed E-state index contributed by atoms with van der Waals surface area (Å²) in [6.45, 7) is 7.65. The molecule has 1 aliphatic carbocycles. The van der Waals surface area contributed by atoms with Crippen LogP contribution < -0.4 is 0 Å². The Morgan fingerprint density at radius 1 is 1.25 bits per heavy atom. The summed E-state index contributed by atoms with van der Waals surface area (Å²) in [5.41, 5.74) is -0.318. The first-order chi connectivity index (χ1) is 13.6. The molecule has 0 spiro atoms. The van der Waals surface area contributed by atoms with Crippen LogP contribution in [0.15, 0.2) is 24.4 Å². The molecule has 28 heavy (non-hydrogen) atoms. The van der Waals surface area contributed by atoms with Gasteiger partial charge in [-0.1, -0.05) is 25.0 Å². The maximum atomic E-state index is 13.4. The molecule has 2 aliphatic heterocycles. The van der Waals surface area contributed by atoms with Gasteiger partial charge in [-0.3, -0.25) is 14.4 Å². The molecule has 2 amide bonds. The SMILES string of the molecule is C=CCN1C(=O)[C@@H](CC(=O)N2CCCC2)[C@]2(C(=O)OCC)CCCCC/C=C/12. The Balaban J connectivity index is 2.02. The van der Waals surface area contributed by atoms with E-state index in [4.69, 9.17) is 4.74 Å². The quantitative estimate of drug-likeness (QED) is 0.518. The molecule has 2 fully saturated rings. The summed E-state index contributed by atoms with van der Waals surface area (Å²) in [6, 6.07) is 0. The summed E-state index contributed by atoms with van der Waals surface area (Å²) in [4.78, 5) is 43.1. The van der Waals surface area contributed by atoms with Crippen LogP contribution in [-0.4, -0.2) is 53.8 Å². The Morgan fingerprint density at radius 2 is 2.00 bits per heavy atom. The first-order valence-electron chi connectivity index (χ1n) is 10.6. The zero-order valence-corrected chi connectivity index (χ0v) is 17.0. The Kier molecular flexibility index (Phi) is 6.57. The second kappa shape index (κ2) is 8.93. The summed E-state index contributed by atoms with van der Waals surface area (Å²) >= 11 is 0. The lowest BCUT2D eigenvalue weighted by Gasteiger charge is -2.34. The lowest BCUT2D eigenvalue weighted by atomic mass is 9.69. The van der Waals surface area contributed by atoms with Gasteiger partial charge in [-0.15, -0.1) is 6.58 Å². The fourth-order valence-electron chi connectivity index (χ4n) is 4.95. The van der Waals surface area contributed by atoms with E-state index < -0.39 is 11.3 Å². The zero-order valence-electron chi connectivity index (χ0n) is 17.0. The summed E-state index contributed by atoms with van der Waals surface area (Å²) in [6.07, 6.45) is 10.0. The summed E-state index contributed by atoms with van der Waals surface area (Å²) < 4.78 is 5.49. The van der Waals surface area contributed by atoms with Gasteiger partial charge in [0.25, 0.3) is 0 Å². The Bertz CT molecular complexity index is 665. The maximum absolute atomic E-state index is 13.4. The number of amides is 2. The molecule has 154 valence electrons. The minimum absolute atomic E-state index is 0.0265. The highest BCUT2D eigenvalue weighted by Gasteiger charge is 2.61. The van der Waals surface area contributed by atoms with Crippen molar-refractivity contribution in [2.24, 2.45) is 11.3 Å². The van der Waals surface area contributed by atoms with Crippen LogP contribution >= 0.6 is 0 Å². The molecule has 0 saturated carbocycles. The number of rotatable bonds is 6. The second-order valence-corrected chi connectivity index (χ2v) is 7.96. The molecule has 0 bridgehead atoms. The maximum Gasteiger partial charge on any atom is 0.318 e. The first-order valence-corrected chi connectivity index (χ1v) is 10.6. The van der Waals surface area contributed by atoms with Crippen molar-refractivity contribution in [2.75, 3.05) is 26.2 Å². The molecule has 2 heterocycles. The number of nitrogens with zero attached hydrogens (tertiary/aromatic N) is 2. The predicted molar refractivity (Wildman–Crippen MR) is 106 cm³/mol. The molecule has 0 aromatic heterocycles. The van der Waals surface area contributed by atoms with E-state index in [0.717, 1.165) is 57.3 Å².